The van der Waals surface area contributed by atoms with Gasteiger partial charge in [-0.3, -0.25) is 10.6 Å². The van der Waals surface area contributed by atoms with E-state index in [4.69, 9.17) is 16.3 Å². The molecular weight excluding hydrogens is 308 g/mol. The van der Waals surface area contributed by atoms with Crippen LogP contribution in [0.5, 0.6) is 0 Å². The van der Waals surface area contributed by atoms with Gasteiger partial charge < -0.3 is 4.74 Å². The van der Waals surface area contributed by atoms with Gasteiger partial charge in [-0.05, 0) is 60.3 Å². The van der Waals surface area contributed by atoms with Gasteiger partial charge in [0, 0.05) is 11.6 Å². The summed E-state index contributed by atoms with van der Waals surface area (Å²) in [5, 5.41) is 8.09. The first-order valence-electron chi connectivity index (χ1n) is 8.06. The standard InChI is InChI=1S/C19H21ClN2O/c1-19-15(9-10-21-19)17-13(5-8-16(23-2)18(17)22-19)11-12-3-6-14(20)7-4-12/h3-8,18,21-22H,9-11H2,1-2H3. The number of benzene rings is 1. The van der Waals surface area contributed by atoms with Crippen LogP contribution in [0.3, 0.4) is 0 Å². The fourth-order valence-electron chi connectivity index (χ4n) is 3.99. The minimum Gasteiger partial charge on any atom is -0.499 e. The van der Waals surface area contributed by atoms with E-state index in [2.05, 4.69) is 41.8 Å². The minimum atomic E-state index is -0.110. The number of hydrogen-bond acceptors (Lipinski definition) is 3. The van der Waals surface area contributed by atoms with Crippen LogP contribution in [0.1, 0.15) is 18.9 Å². The van der Waals surface area contributed by atoms with Crippen LogP contribution in [0.15, 0.2) is 58.9 Å². The fraction of sp³-hybridized carbons (Fsp3) is 0.368. The van der Waals surface area contributed by atoms with Gasteiger partial charge in [-0.2, -0.15) is 0 Å². The van der Waals surface area contributed by atoms with Crippen molar-refractivity contribution in [2.24, 2.45) is 0 Å². The second kappa shape index (κ2) is 5.52. The third-order valence-electron chi connectivity index (χ3n) is 5.13. The van der Waals surface area contributed by atoms with E-state index in [1.54, 1.807) is 7.11 Å². The first-order chi connectivity index (χ1) is 11.1. The molecule has 2 heterocycles. The number of rotatable bonds is 3. The molecule has 1 saturated heterocycles. The Labute approximate surface area is 142 Å². The molecule has 1 aromatic rings. The Morgan fingerprint density at radius 1 is 1.26 bits per heavy atom. The van der Waals surface area contributed by atoms with E-state index >= 15 is 0 Å². The molecule has 23 heavy (non-hydrogen) atoms. The molecule has 0 spiro atoms. The number of ether oxygens (including phenoxy) is 1. The normalized spacial score (nSPS) is 29.1. The van der Waals surface area contributed by atoms with Gasteiger partial charge in [0.15, 0.2) is 0 Å². The van der Waals surface area contributed by atoms with Crippen molar-refractivity contribution in [2.75, 3.05) is 13.7 Å². The zero-order chi connectivity index (χ0) is 16.0. The molecule has 2 N–H and O–H groups in total. The Hall–Kier alpha value is -1.55. The highest BCUT2D eigenvalue weighted by Gasteiger charge is 2.47. The Balaban J connectivity index is 1.74. The van der Waals surface area contributed by atoms with E-state index in [9.17, 15) is 0 Å². The molecule has 1 aromatic carbocycles. The Morgan fingerprint density at radius 3 is 2.78 bits per heavy atom. The molecule has 0 saturated carbocycles. The second-order valence-electron chi connectivity index (χ2n) is 6.54. The summed E-state index contributed by atoms with van der Waals surface area (Å²) in [5.41, 5.74) is 5.42. The van der Waals surface area contributed by atoms with Crippen molar-refractivity contribution in [3.63, 3.8) is 0 Å². The molecular formula is C19H21ClN2O. The fourth-order valence-corrected chi connectivity index (χ4v) is 4.12. The smallest absolute Gasteiger partial charge is 0.117 e. The number of fused-ring (bicyclic) bond motifs is 2. The molecule has 2 atom stereocenters. The molecule has 120 valence electrons. The summed E-state index contributed by atoms with van der Waals surface area (Å²) in [5.74, 6) is 0.991. The Bertz CT molecular complexity index is 732. The molecule has 1 aliphatic carbocycles. The van der Waals surface area contributed by atoms with Gasteiger partial charge in [0.05, 0.1) is 18.8 Å². The molecule has 3 nitrogen and oxygen atoms in total. The lowest BCUT2D eigenvalue weighted by atomic mass is 9.86. The Kier molecular flexibility index (Phi) is 3.60. The van der Waals surface area contributed by atoms with Crippen LogP contribution in [0.2, 0.25) is 5.02 Å². The highest BCUT2D eigenvalue weighted by Crippen LogP contribution is 2.42. The molecule has 4 rings (SSSR count). The van der Waals surface area contributed by atoms with Gasteiger partial charge >= 0.3 is 0 Å². The second-order valence-corrected chi connectivity index (χ2v) is 6.98. The van der Waals surface area contributed by atoms with Gasteiger partial charge in [-0.1, -0.05) is 29.8 Å². The van der Waals surface area contributed by atoms with Crippen LogP contribution < -0.4 is 10.6 Å². The van der Waals surface area contributed by atoms with Crippen molar-refractivity contribution >= 4 is 11.6 Å². The molecule has 2 unspecified atom stereocenters. The average molecular weight is 329 g/mol. The predicted octanol–water partition coefficient (Wildman–Crippen LogP) is 3.33. The topological polar surface area (TPSA) is 33.3 Å². The summed E-state index contributed by atoms with van der Waals surface area (Å²) in [6, 6.07) is 8.28. The Morgan fingerprint density at radius 2 is 2.04 bits per heavy atom. The summed E-state index contributed by atoms with van der Waals surface area (Å²) in [4.78, 5) is 0. The third kappa shape index (κ3) is 2.44. The van der Waals surface area contributed by atoms with Crippen molar-refractivity contribution in [2.45, 2.75) is 31.5 Å². The largest absolute Gasteiger partial charge is 0.499 e. The van der Waals surface area contributed by atoms with Crippen LogP contribution in [-0.4, -0.2) is 25.4 Å². The zero-order valence-corrected chi connectivity index (χ0v) is 14.2. The summed E-state index contributed by atoms with van der Waals surface area (Å²) in [7, 11) is 1.75. The summed E-state index contributed by atoms with van der Waals surface area (Å²) >= 11 is 6.00. The number of hydrogen-bond donors (Lipinski definition) is 2. The summed E-state index contributed by atoms with van der Waals surface area (Å²) in [6.07, 6.45) is 6.30. The lowest BCUT2D eigenvalue weighted by molar-refractivity contribution is 0.248. The van der Waals surface area contributed by atoms with E-state index in [-0.39, 0.29) is 11.7 Å². The number of allylic oxidation sites excluding steroid dienone is 2. The van der Waals surface area contributed by atoms with Crippen LogP contribution in [0, 0.1) is 0 Å². The molecule has 0 bridgehead atoms. The monoisotopic (exact) mass is 328 g/mol. The highest BCUT2D eigenvalue weighted by molar-refractivity contribution is 6.30. The maximum Gasteiger partial charge on any atom is 0.117 e. The van der Waals surface area contributed by atoms with Gasteiger partial charge in [-0.25, -0.2) is 0 Å². The van der Waals surface area contributed by atoms with Gasteiger partial charge in [0.2, 0.25) is 0 Å². The van der Waals surface area contributed by atoms with Crippen molar-refractivity contribution in [1.29, 1.82) is 0 Å². The minimum absolute atomic E-state index is 0.110. The number of methoxy groups -OCH3 is 1. The van der Waals surface area contributed by atoms with Crippen LogP contribution in [-0.2, 0) is 11.2 Å². The third-order valence-corrected chi connectivity index (χ3v) is 5.38. The maximum atomic E-state index is 6.00. The SMILES string of the molecule is COC1=CC=C(Cc2ccc(Cl)cc2)C2=C3CCNC3(C)NC12. The van der Waals surface area contributed by atoms with E-state index in [0.717, 1.165) is 30.2 Å². The number of halogens is 1. The van der Waals surface area contributed by atoms with E-state index in [0.29, 0.717) is 0 Å². The van der Waals surface area contributed by atoms with Crippen molar-refractivity contribution < 1.29 is 4.74 Å². The van der Waals surface area contributed by atoms with Crippen molar-refractivity contribution in [3.05, 3.63) is 69.5 Å². The van der Waals surface area contributed by atoms with Gasteiger partial charge in [-0.15, -0.1) is 0 Å². The van der Waals surface area contributed by atoms with Gasteiger partial charge in [0.25, 0.3) is 0 Å². The predicted molar refractivity (Wildman–Crippen MR) is 93.3 cm³/mol. The highest BCUT2D eigenvalue weighted by atomic mass is 35.5. The average Bonchev–Trinajstić information content (AvgIpc) is 3.03. The van der Waals surface area contributed by atoms with Gasteiger partial charge in [0.1, 0.15) is 5.76 Å². The summed E-state index contributed by atoms with van der Waals surface area (Å²) in [6.45, 7) is 3.25. The van der Waals surface area contributed by atoms with E-state index < -0.39 is 0 Å². The van der Waals surface area contributed by atoms with E-state index in [1.807, 2.05) is 12.1 Å². The quantitative estimate of drug-likeness (QED) is 0.893. The van der Waals surface area contributed by atoms with Crippen molar-refractivity contribution in [1.82, 2.24) is 10.6 Å². The molecule has 0 radical (unpaired) electrons. The molecule has 1 fully saturated rings. The first-order valence-corrected chi connectivity index (χ1v) is 8.44. The van der Waals surface area contributed by atoms with Crippen LogP contribution in [0.25, 0.3) is 0 Å². The summed E-state index contributed by atoms with van der Waals surface area (Å²) < 4.78 is 5.60. The maximum absolute atomic E-state index is 6.00. The lowest BCUT2D eigenvalue weighted by Gasteiger charge is -2.27. The molecule has 2 aliphatic heterocycles. The number of nitrogens with one attached hydrogen (secondary N) is 2. The molecule has 0 amide bonds. The lowest BCUT2D eigenvalue weighted by Crippen LogP contribution is -2.51. The first kappa shape index (κ1) is 15.0. The van der Waals surface area contributed by atoms with Crippen LogP contribution in [0.4, 0.5) is 0 Å². The van der Waals surface area contributed by atoms with E-state index in [1.165, 1.54) is 22.3 Å². The zero-order valence-electron chi connectivity index (χ0n) is 13.4. The van der Waals surface area contributed by atoms with Crippen molar-refractivity contribution in [3.8, 4) is 0 Å². The molecule has 3 aliphatic rings. The molecule has 0 aromatic heterocycles. The van der Waals surface area contributed by atoms with Crippen LogP contribution >= 0.6 is 11.6 Å². The molecule has 4 heteroatoms.